The van der Waals surface area contributed by atoms with Gasteiger partial charge >= 0.3 is 0 Å². The van der Waals surface area contributed by atoms with Gasteiger partial charge in [-0.25, -0.2) is 4.39 Å². The molecule has 21 heavy (non-hydrogen) atoms. The SMILES string of the molecule is COc1cc2c(cc1F)[nH]c(=S)n2C1CCN(C2CC2)C1. The number of benzene rings is 1. The molecule has 6 heteroatoms. The first-order valence-electron chi connectivity index (χ1n) is 7.39. The lowest BCUT2D eigenvalue weighted by Gasteiger charge is -2.16. The number of nitrogens with zero attached hydrogens (tertiary/aromatic N) is 2. The summed E-state index contributed by atoms with van der Waals surface area (Å²) in [7, 11) is 1.49. The van der Waals surface area contributed by atoms with E-state index < -0.39 is 0 Å². The first kappa shape index (κ1) is 13.3. The summed E-state index contributed by atoms with van der Waals surface area (Å²) in [6, 6.07) is 4.36. The quantitative estimate of drug-likeness (QED) is 0.884. The topological polar surface area (TPSA) is 33.2 Å². The van der Waals surface area contributed by atoms with Gasteiger partial charge in [-0.2, -0.15) is 0 Å². The Morgan fingerprint density at radius 1 is 1.29 bits per heavy atom. The number of fused-ring (bicyclic) bond motifs is 1. The second-order valence-corrected chi connectivity index (χ2v) is 6.36. The minimum atomic E-state index is -0.362. The van der Waals surface area contributed by atoms with Crippen LogP contribution in [-0.4, -0.2) is 40.7 Å². The van der Waals surface area contributed by atoms with Gasteiger partial charge in [-0.3, -0.25) is 4.90 Å². The molecule has 2 heterocycles. The molecule has 1 aliphatic heterocycles. The zero-order valence-electron chi connectivity index (χ0n) is 11.9. The molecule has 1 saturated carbocycles. The Morgan fingerprint density at radius 3 is 2.81 bits per heavy atom. The van der Waals surface area contributed by atoms with Crippen LogP contribution >= 0.6 is 12.2 Å². The molecule has 112 valence electrons. The van der Waals surface area contributed by atoms with Gasteiger partial charge in [0.25, 0.3) is 0 Å². The van der Waals surface area contributed by atoms with Crippen LogP contribution in [0.2, 0.25) is 0 Å². The molecule has 0 radical (unpaired) electrons. The van der Waals surface area contributed by atoms with Gasteiger partial charge in [0.2, 0.25) is 0 Å². The number of likely N-dealkylation sites (tertiary alicyclic amines) is 1. The highest BCUT2D eigenvalue weighted by atomic mass is 32.1. The van der Waals surface area contributed by atoms with Crippen LogP contribution in [0, 0.1) is 10.6 Å². The summed E-state index contributed by atoms with van der Waals surface area (Å²) in [5.41, 5.74) is 1.67. The van der Waals surface area contributed by atoms with Crippen LogP contribution < -0.4 is 4.74 Å². The van der Waals surface area contributed by atoms with Gasteiger partial charge in [0.1, 0.15) is 0 Å². The average Bonchev–Trinajstić information content (AvgIpc) is 3.11. The number of H-pyrrole nitrogens is 1. The van der Waals surface area contributed by atoms with Crippen molar-refractivity contribution >= 4 is 23.3 Å². The first-order valence-corrected chi connectivity index (χ1v) is 7.80. The molecular weight excluding hydrogens is 289 g/mol. The van der Waals surface area contributed by atoms with Crippen LogP contribution in [0.5, 0.6) is 5.75 Å². The van der Waals surface area contributed by atoms with Crippen LogP contribution in [0.4, 0.5) is 4.39 Å². The van der Waals surface area contributed by atoms with E-state index in [4.69, 9.17) is 17.0 Å². The normalized spacial score (nSPS) is 23.0. The van der Waals surface area contributed by atoms with Crippen molar-refractivity contribution in [3.63, 3.8) is 0 Å². The van der Waals surface area contributed by atoms with Gasteiger partial charge in [0.15, 0.2) is 16.3 Å². The number of halogens is 1. The minimum absolute atomic E-state index is 0.266. The highest BCUT2D eigenvalue weighted by Crippen LogP contribution is 2.35. The maximum atomic E-state index is 13.8. The number of ether oxygens (including phenoxy) is 1. The van der Waals surface area contributed by atoms with Crippen LogP contribution in [0.15, 0.2) is 12.1 Å². The molecule has 1 saturated heterocycles. The third-order valence-electron chi connectivity index (χ3n) is 4.61. The van der Waals surface area contributed by atoms with Crippen LogP contribution in [0.1, 0.15) is 25.3 Å². The Hall–Kier alpha value is -1.40. The summed E-state index contributed by atoms with van der Waals surface area (Å²) < 4.78 is 21.7. The molecule has 2 aromatic rings. The lowest BCUT2D eigenvalue weighted by atomic mass is 10.2. The Morgan fingerprint density at radius 2 is 2.10 bits per heavy atom. The number of imidazole rings is 1. The highest BCUT2D eigenvalue weighted by Gasteiger charge is 2.35. The first-order chi connectivity index (χ1) is 10.2. The second-order valence-electron chi connectivity index (χ2n) is 5.97. The molecular formula is C15H18FN3OS. The zero-order chi connectivity index (χ0) is 14.6. The Labute approximate surface area is 127 Å². The fourth-order valence-corrected chi connectivity index (χ4v) is 3.75. The molecule has 1 aromatic heterocycles. The van der Waals surface area contributed by atoms with E-state index in [9.17, 15) is 4.39 Å². The second kappa shape index (κ2) is 4.81. The third-order valence-corrected chi connectivity index (χ3v) is 4.91. The predicted octanol–water partition coefficient (Wildman–Crippen LogP) is 3.26. The van der Waals surface area contributed by atoms with E-state index in [-0.39, 0.29) is 11.6 Å². The predicted molar refractivity (Wildman–Crippen MR) is 81.9 cm³/mol. The van der Waals surface area contributed by atoms with Crippen molar-refractivity contribution in [1.29, 1.82) is 0 Å². The lowest BCUT2D eigenvalue weighted by Crippen LogP contribution is -2.23. The van der Waals surface area contributed by atoms with E-state index in [1.54, 1.807) is 6.07 Å². The standard InChI is InChI=1S/C15H18FN3OS/c1-20-14-7-13-12(6-11(14)16)17-15(21)19(13)10-4-5-18(8-10)9-2-3-9/h6-7,9-10H,2-5,8H2,1H3,(H,17,21). The molecule has 2 fully saturated rings. The van der Waals surface area contributed by atoms with Crippen molar-refractivity contribution in [1.82, 2.24) is 14.5 Å². The fourth-order valence-electron chi connectivity index (χ4n) is 3.40. The van der Waals surface area contributed by atoms with E-state index in [0.29, 0.717) is 10.8 Å². The van der Waals surface area contributed by atoms with E-state index in [0.717, 1.165) is 36.6 Å². The molecule has 0 amide bonds. The summed E-state index contributed by atoms with van der Waals surface area (Å²) in [5.74, 6) is -0.0956. The van der Waals surface area contributed by atoms with Gasteiger partial charge in [0.05, 0.1) is 24.2 Å². The average molecular weight is 307 g/mol. The van der Waals surface area contributed by atoms with Crippen molar-refractivity contribution in [2.24, 2.45) is 0 Å². The van der Waals surface area contributed by atoms with Crippen molar-refractivity contribution < 1.29 is 9.13 Å². The van der Waals surface area contributed by atoms with E-state index >= 15 is 0 Å². The number of methoxy groups -OCH3 is 1. The summed E-state index contributed by atoms with van der Waals surface area (Å²) in [4.78, 5) is 5.67. The fraction of sp³-hybridized carbons (Fsp3) is 0.533. The monoisotopic (exact) mass is 307 g/mol. The minimum Gasteiger partial charge on any atom is -0.494 e. The summed E-state index contributed by atoms with van der Waals surface area (Å²) in [5, 5.41) is 0. The van der Waals surface area contributed by atoms with Crippen LogP contribution in [0.3, 0.4) is 0 Å². The van der Waals surface area contributed by atoms with Gasteiger partial charge in [-0.05, 0) is 31.5 Å². The maximum absolute atomic E-state index is 13.8. The van der Waals surface area contributed by atoms with Crippen molar-refractivity contribution in [3.8, 4) is 5.75 Å². The number of hydrogen-bond acceptors (Lipinski definition) is 3. The largest absolute Gasteiger partial charge is 0.494 e. The van der Waals surface area contributed by atoms with Gasteiger partial charge in [0, 0.05) is 31.3 Å². The van der Waals surface area contributed by atoms with Crippen LogP contribution in [-0.2, 0) is 0 Å². The molecule has 1 atom stereocenters. The Bertz CT molecular complexity index is 749. The zero-order valence-corrected chi connectivity index (χ0v) is 12.8. The van der Waals surface area contributed by atoms with E-state index in [2.05, 4.69) is 14.5 Å². The van der Waals surface area contributed by atoms with Gasteiger partial charge in [-0.1, -0.05) is 0 Å². The van der Waals surface area contributed by atoms with Gasteiger partial charge in [-0.15, -0.1) is 0 Å². The van der Waals surface area contributed by atoms with E-state index in [1.807, 2.05) is 0 Å². The number of aromatic amines is 1. The van der Waals surface area contributed by atoms with Crippen LogP contribution in [0.25, 0.3) is 11.0 Å². The molecule has 4 nitrogen and oxygen atoms in total. The molecule has 1 N–H and O–H groups in total. The number of rotatable bonds is 3. The summed E-state index contributed by atoms with van der Waals surface area (Å²) in [6.45, 7) is 2.16. The Kier molecular flexibility index (Phi) is 3.04. The molecule has 1 unspecified atom stereocenters. The van der Waals surface area contributed by atoms with Crippen molar-refractivity contribution in [2.45, 2.75) is 31.3 Å². The molecule has 0 bridgehead atoms. The van der Waals surface area contributed by atoms with Crippen molar-refractivity contribution in [2.75, 3.05) is 20.2 Å². The number of hydrogen-bond donors (Lipinski definition) is 1. The maximum Gasteiger partial charge on any atom is 0.178 e. The summed E-state index contributed by atoms with van der Waals surface area (Å²) >= 11 is 5.46. The molecule has 0 spiro atoms. The molecule has 1 aromatic carbocycles. The van der Waals surface area contributed by atoms with E-state index in [1.165, 1.54) is 26.0 Å². The molecule has 2 aliphatic rings. The third kappa shape index (κ3) is 2.17. The number of nitrogens with one attached hydrogen (secondary N) is 1. The number of aromatic nitrogens is 2. The van der Waals surface area contributed by atoms with Crippen molar-refractivity contribution in [3.05, 3.63) is 22.7 Å². The lowest BCUT2D eigenvalue weighted by molar-refractivity contribution is 0.314. The Balaban J connectivity index is 1.77. The molecule has 4 rings (SSSR count). The summed E-state index contributed by atoms with van der Waals surface area (Å²) in [6.07, 6.45) is 3.74. The van der Waals surface area contributed by atoms with Gasteiger partial charge < -0.3 is 14.3 Å². The highest BCUT2D eigenvalue weighted by molar-refractivity contribution is 7.71. The molecule has 1 aliphatic carbocycles. The smallest absolute Gasteiger partial charge is 0.178 e.